The number of carbonyl (C=O) groups is 1. The Morgan fingerprint density at radius 3 is 3.13 bits per heavy atom. The highest BCUT2D eigenvalue weighted by molar-refractivity contribution is 6.99. The van der Waals surface area contributed by atoms with Crippen molar-refractivity contribution in [2.45, 2.75) is 38.5 Å². The van der Waals surface area contributed by atoms with Crippen molar-refractivity contribution in [2.75, 3.05) is 0 Å². The van der Waals surface area contributed by atoms with E-state index >= 15 is 0 Å². The SMILES string of the molecule is O=C(Cc1cnsn1)C1=CCCCCC1. The maximum Gasteiger partial charge on any atom is 0.164 e. The quantitative estimate of drug-likeness (QED) is 0.789. The summed E-state index contributed by atoms with van der Waals surface area (Å²) in [4.78, 5) is 11.9. The molecule has 0 saturated heterocycles. The van der Waals surface area contributed by atoms with Crippen LogP contribution in [-0.4, -0.2) is 14.5 Å². The molecule has 0 aliphatic heterocycles. The Hall–Kier alpha value is -1.03. The molecule has 0 spiro atoms. The summed E-state index contributed by atoms with van der Waals surface area (Å²) in [5, 5.41) is 0. The van der Waals surface area contributed by atoms with E-state index in [4.69, 9.17) is 0 Å². The second-order valence-electron chi connectivity index (χ2n) is 3.83. The van der Waals surface area contributed by atoms with E-state index in [0.29, 0.717) is 6.42 Å². The van der Waals surface area contributed by atoms with Crippen LogP contribution in [0.2, 0.25) is 0 Å². The summed E-state index contributed by atoms with van der Waals surface area (Å²) in [6.07, 6.45) is 9.80. The van der Waals surface area contributed by atoms with E-state index < -0.39 is 0 Å². The molecule has 1 aliphatic rings. The van der Waals surface area contributed by atoms with E-state index in [2.05, 4.69) is 14.8 Å². The van der Waals surface area contributed by atoms with Crippen LogP contribution in [0.5, 0.6) is 0 Å². The van der Waals surface area contributed by atoms with Gasteiger partial charge >= 0.3 is 0 Å². The molecule has 0 saturated carbocycles. The van der Waals surface area contributed by atoms with E-state index in [9.17, 15) is 4.79 Å². The van der Waals surface area contributed by atoms with E-state index in [-0.39, 0.29) is 5.78 Å². The number of aromatic nitrogens is 2. The van der Waals surface area contributed by atoms with Crippen molar-refractivity contribution in [1.29, 1.82) is 0 Å². The Morgan fingerprint density at radius 2 is 2.33 bits per heavy atom. The predicted molar refractivity (Wildman–Crippen MR) is 59.8 cm³/mol. The van der Waals surface area contributed by atoms with Crippen LogP contribution < -0.4 is 0 Å². The minimum atomic E-state index is 0.226. The van der Waals surface area contributed by atoms with Crippen LogP contribution in [0.1, 0.15) is 37.8 Å². The number of carbonyl (C=O) groups excluding carboxylic acids is 1. The minimum Gasteiger partial charge on any atom is -0.294 e. The number of hydrogen-bond donors (Lipinski definition) is 0. The first kappa shape index (κ1) is 10.5. The molecule has 1 aliphatic carbocycles. The van der Waals surface area contributed by atoms with Crippen LogP contribution in [0.4, 0.5) is 0 Å². The van der Waals surface area contributed by atoms with Gasteiger partial charge in [0.05, 0.1) is 30.0 Å². The van der Waals surface area contributed by atoms with Crippen LogP contribution in [0.15, 0.2) is 17.8 Å². The average molecular weight is 222 g/mol. The minimum absolute atomic E-state index is 0.226. The highest BCUT2D eigenvalue weighted by Crippen LogP contribution is 2.18. The predicted octanol–water partition coefficient (Wildman–Crippen LogP) is 2.54. The summed E-state index contributed by atoms with van der Waals surface area (Å²) in [5.41, 5.74) is 1.80. The van der Waals surface area contributed by atoms with Gasteiger partial charge in [-0.3, -0.25) is 4.79 Å². The molecule has 0 fully saturated rings. The van der Waals surface area contributed by atoms with Crippen molar-refractivity contribution in [3.63, 3.8) is 0 Å². The highest BCUT2D eigenvalue weighted by Gasteiger charge is 2.13. The third-order valence-corrected chi connectivity index (χ3v) is 3.16. The molecular formula is C11H14N2OS. The lowest BCUT2D eigenvalue weighted by atomic mass is 10.0. The van der Waals surface area contributed by atoms with Crippen LogP contribution in [0, 0.1) is 0 Å². The van der Waals surface area contributed by atoms with Gasteiger partial charge in [-0.2, -0.15) is 8.75 Å². The van der Waals surface area contributed by atoms with Crippen LogP contribution in [0.3, 0.4) is 0 Å². The molecule has 3 nitrogen and oxygen atoms in total. The average Bonchev–Trinajstić information content (AvgIpc) is 2.58. The van der Waals surface area contributed by atoms with Crippen molar-refractivity contribution in [2.24, 2.45) is 0 Å². The molecule has 0 atom stereocenters. The van der Waals surface area contributed by atoms with Gasteiger partial charge in [-0.25, -0.2) is 0 Å². The topological polar surface area (TPSA) is 42.9 Å². The second-order valence-corrected chi connectivity index (χ2v) is 4.38. The normalized spacial score (nSPS) is 16.9. The zero-order valence-electron chi connectivity index (χ0n) is 8.61. The van der Waals surface area contributed by atoms with Gasteiger partial charge in [-0.05, 0) is 31.3 Å². The van der Waals surface area contributed by atoms with Gasteiger partial charge in [0.1, 0.15) is 0 Å². The Bertz CT molecular complexity index is 357. The first-order chi connectivity index (χ1) is 7.36. The molecule has 15 heavy (non-hydrogen) atoms. The number of hydrogen-bond acceptors (Lipinski definition) is 4. The van der Waals surface area contributed by atoms with Crippen LogP contribution in [0.25, 0.3) is 0 Å². The van der Waals surface area contributed by atoms with E-state index in [1.54, 1.807) is 6.20 Å². The zero-order chi connectivity index (χ0) is 10.5. The molecule has 0 unspecified atom stereocenters. The summed E-state index contributed by atoms with van der Waals surface area (Å²) >= 11 is 1.16. The molecule has 1 aromatic rings. The number of ketones is 1. The summed E-state index contributed by atoms with van der Waals surface area (Å²) < 4.78 is 7.95. The lowest BCUT2D eigenvalue weighted by Gasteiger charge is -2.01. The third-order valence-electron chi connectivity index (χ3n) is 2.65. The third kappa shape index (κ3) is 2.96. The molecule has 0 radical (unpaired) electrons. The van der Waals surface area contributed by atoms with E-state index in [1.165, 1.54) is 12.8 Å². The molecule has 4 heteroatoms. The van der Waals surface area contributed by atoms with Crippen LogP contribution in [-0.2, 0) is 11.2 Å². The maximum atomic E-state index is 11.9. The van der Waals surface area contributed by atoms with Crippen molar-refractivity contribution in [3.8, 4) is 0 Å². The van der Waals surface area contributed by atoms with Gasteiger partial charge in [-0.15, -0.1) is 0 Å². The van der Waals surface area contributed by atoms with E-state index in [1.807, 2.05) is 0 Å². The summed E-state index contributed by atoms with van der Waals surface area (Å²) in [6.45, 7) is 0. The van der Waals surface area contributed by atoms with Gasteiger partial charge in [0.25, 0.3) is 0 Å². The van der Waals surface area contributed by atoms with E-state index in [0.717, 1.165) is 42.3 Å². The molecule has 0 aromatic carbocycles. The molecule has 1 aromatic heterocycles. The Kier molecular flexibility index (Phi) is 3.61. The maximum absolute atomic E-state index is 11.9. The monoisotopic (exact) mass is 222 g/mol. The number of Topliss-reactive ketones (excluding diaryl/α,β-unsaturated/α-hetero) is 1. The number of rotatable bonds is 3. The first-order valence-corrected chi connectivity index (χ1v) is 6.08. The summed E-state index contributed by atoms with van der Waals surface area (Å²) in [7, 11) is 0. The van der Waals surface area contributed by atoms with Gasteiger partial charge in [0, 0.05) is 0 Å². The Labute approximate surface area is 93.5 Å². The largest absolute Gasteiger partial charge is 0.294 e. The first-order valence-electron chi connectivity index (χ1n) is 5.35. The van der Waals surface area contributed by atoms with Gasteiger partial charge in [-0.1, -0.05) is 12.5 Å². The Balaban J connectivity index is 1.98. The summed E-state index contributed by atoms with van der Waals surface area (Å²) in [6, 6.07) is 0. The second kappa shape index (κ2) is 5.16. The number of allylic oxidation sites excluding steroid dienone is 2. The van der Waals surface area contributed by atoms with Crippen molar-refractivity contribution in [1.82, 2.24) is 8.75 Å². The van der Waals surface area contributed by atoms with Gasteiger partial charge in [0.15, 0.2) is 5.78 Å². The van der Waals surface area contributed by atoms with Crippen molar-refractivity contribution >= 4 is 17.5 Å². The fraction of sp³-hybridized carbons (Fsp3) is 0.545. The molecule has 0 bridgehead atoms. The van der Waals surface area contributed by atoms with Crippen molar-refractivity contribution in [3.05, 3.63) is 23.5 Å². The molecule has 2 rings (SSSR count). The smallest absolute Gasteiger partial charge is 0.164 e. The highest BCUT2D eigenvalue weighted by atomic mass is 32.1. The molecular weight excluding hydrogens is 208 g/mol. The molecule has 0 amide bonds. The molecule has 0 N–H and O–H groups in total. The van der Waals surface area contributed by atoms with Gasteiger partial charge < -0.3 is 0 Å². The van der Waals surface area contributed by atoms with Gasteiger partial charge in [0.2, 0.25) is 0 Å². The molecule has 1 heterocycles. The fourth-order valence-corrected chi connectivity index (χ4v) is 2.24. The lowest BCUT2D eigenvalue weighted by Crippen LogP contribution is -2.06. The fourth-order valence-electron chi connectivity index (χ4n) is 1.81. The lowest BCUT2D eigenvalue weighted by molar-refractivity contribution is -0.115. The zero-order valence-corrected chi connectivity index (χ0v) is 9.42. The van der Waals surface area contributed by atoms with Crippen molar-refractivity contribution < 1.29 is 4.79 Å². The van der Waals surface area contributed by atoms with Crippen LogP contribution >= 0.6 is 11.7 Å². The number of nitrogens with zero attached hydrogens (tertiary/aromatic N) is 2. The summed E-state index contributed by atoms with van der Waals surface area (Å²) in [5.74, 6) is 0.226. The molecule has 80 valence electrons. The standard InChI is InChI=1S/C11H14N2OS/c14-11(7-10-8-12-15-13-10)9-5-3-1-2-4-6-9/h5,8H,1-4,6-7H2. The Morgan fingerprint density at radius 1 is 1.40 bits per heavy atom.